The molecule has 0 spiro atoms. The third kappa shape index (κ3) is 6.70. The molecule has 1 atom stereocenters. The zero-order valence-electron chi connectivity index (χ0n) is 17.9. The lowest BCUT2D eigenvalue weighted by Gasteiger charge is -2.33. The van der Waals surface area contributed by atoms with Crippen LogP contribution in [-0.4, -0.2) is 35.8 Å². The van der Waals surface area contributed by atoms with E-state index < -0.39 is 0 Å². The number of amides is 2. The van der Waals surface area contributed by atoms with Crippen molar-refractivity contribution < 1.29 is 9.59 Å². The van der Waals surface area contributed by atoms with Crippen LogP contribution >= 0.6 is 0 Å². The van der Waals surface area contributed by atoms with E-state index in [0.717, 1.165) is 13.1 Å². The van der Waals surface area contributed by atoms with E-state index >= 15 is 0 Å². The molecule has 2 aromatic carbocycles. The van der Waals surface area contributed by atoms with Gasteiger partial charge in [0.2, 0.25) is 5.91 Å². The molecule has 0 aliphatic carbocycles. The highest BCUT2D eigenvalue weighted by atomic mass is 16.2. The van der Waals surface area contributed by atoms with E-state index in [2.05, 4.69) is 40.7 Å². The van der Waals surface area contributed by atoms with Crippen LogP contribution in [0.25, 0.3) is 0 Å². The van der Waals surface area contributed by atoms with Crippen LogP contribution in [0.4, 0.5) is 0 Å². The van der Waals surface area contributed by atoms with Crippen LogP contribution in [0.2, 0.25) is 0 Å². The van der Waals surface area contributed by atoms with Crippen molar-refractivity contribution in [3.05, 3.63) is 71.3 Å². The lowest BCUT2D eigenvalue weighted by Crippen LogP contribution is -2.37. The number of carbonyl (C=O) groups excluding carboxylic acids is 2. The van der Waals surface area contributed by atoms with Crippen LogP contribution in [0, 0.1) is 0 Å². The second-order valence-electron chi connectivity index (χ2n) is 8.09. The van der Waals surface area contributed by atoms with Crippen molar-refractivity contribution >= 4 is 11.8 Å². The Balaban J connectivity index is 1.40. The SMILES string of the molecule is CC1CCCCN1Cc1ccccc1CNC(=O)CCCNC(=O)c1ccccc1. The summed E-state index contributed by atoms with van der Waals surface area (Å²) in [4.78, 5) is 26.8. The Hall–Kier alpha value is -2.66. The molecule has 2 N–H and O–H groups in total. The molecule has 1 fully saturated rings. The van der Waals surface area contributed by atoms with E-state index in [1.807, 2.05) is 24.3 Å². The first-order chi connectivity index (χ1) is 14.6. The summed E-state index contributed by atoms with van der Waals surface area (Å²) in [7, 11) is 0. The van der Waals surface area contributed by atoms with Gasteiger partial charge in [-0.25, -0.2) is 0 Å². The number of rotatable bonds is 9. The first-order valence-corrected chi connectivity index (χ1v) is 11.0. The van der Waals surface area contributed by atoms with Crippen molar-refractivity contribution in [2.24, 2.45) is 0 Å². The molecule has 2 amide bonds. The summed E-state index contributed by atoms with van der Waals surface area (Å²) in [6.07, 6.45) is 4.88. The van der Waals surface area contributed by atoms with Gasteiger partial charge in [-0.15, -0.1) is 0 Å². The summed E-state index contributed by atoms with van der Waals surface area (Å²) in [5.41, 5.74) is 3.12. The number of likely N-dealkylation sites (tertiary alicyclic amines) is 1. The molecule has 1 aliphatic rings. The van der Waals surface area contributed by atoms with Crippen LogP contribution in [0.1, 0.15) is 60.5 Å². The second-order valence-corrected chi connectivity index (χ2v) is 8.09. The van der Waals surface area contributed by atoms with Gasteiger partial charge in [-0.1, -0.05) is 48.9 Å². The van der Waals surface area contributed by atoms with E-state index in [-0.39, 0.29) is 11.8 Å². The minimum Gasteiger partial charge on any atom is -0.352 e. The lowest BCUT2D eigenvalue weighted by molar-refractivity contribution is -0.121. The van der Waals surface area contributed by atoms with Crippen molar-refractivity contribution in [1.82, 2.24) is 15.5 Å². The second kappa shape index (κ2) is 11.5. The molecule has 1 aliphatic heterocycles. The Kier molecular flexibility index (Phi) is 8.45. The molecule has 5 heteroatoms. The van der Waals surface area contributed by atoms with Crippen molar-refractivity contribution in [3.8, 4) is 0 Å². The number of benzene rings is 2. The normalized spacial score (nSPS) is 16.8. The van der Waals surface area contributed by atoms with Crippen LogP contribution in [-0.2, 0) is 17.9 Å². The van der Waals surface area contributed by atoms with E-state index in [1.165, 1.54) is 30.4 Å². The Morgan fingerprint density at radius 2 is 1.70 bits per heavy atom. The van der Waals surface area contributed by atoms with Gasteiger partial charge in [0, 0.05) is 37.7 Å². The molecule has 1 heterocycles. The van der Waals surface area contributed by atoms with Gasteiger partial charge in [-0.3, -0.25) is 14.5 Å². The van der Waals surface area contributed by atoms with Gasteiger partial charge in [0.05, 0.1) is 0 Å². The van der Waals surface area contributed by atoms with E-state index in [4.69, 9.17) is 0 Å². The van der Waals surface area contributed by atoms with E-state index in [0.29, 0.717) is 37.5 Å². The first-order valence-electron chi connectivity index (χ1n) is 11.0. The predicted molar refractivity (Wildman–Crippen MR) is 120 cm³/mol. The van der Waals surface area contributed by atoms with Crippen LogP contribution in [0.5, 0.6) is 0 Å². The number of nitrogens with one attached hydrogen (secondary N) is 2. The average Bonchev–Trinajstić information content (AvgIpc) is 2.78. The molecule has 2 aromatic rings. The quantitative estimate of drug-likeness (QED) is 0.620. The number of hydrogen-bond acceptors (Lipinski definition) is 3. The number of carbonyl (C=O) groups is 2. The maximum Gasteiger partial charge on any atom is 0.251 e. The van der Waals surface area contributed by atoms with Gasteiger partial charge in [-0.2, -0.15) is 0 Å². The fourth-order valence-electron chi connectivity index (χ4n) is 3.92. The fourth-order valence-corrected chi connectivity index (χ4v) is 3.92. The largest absolute Gasteiger partial charge is 0.352 e. The molecule has 3 rings (SSSR count). The van der Waals surface area contributed by atoms with E-state index in [9.17, 15) is 9.59 Å². The van der Waals surface area contributed by atoms with Crippen molar-refractivity contribution in [3.63, 3.8) is 0 Å². The third-order valence-corrected chi connectivity index (χ3v) is 5.81. The standard InChI is InChI=1S/C25H33N3O2/c1-20-10-7-8-17-28(20)19-23-14-6-5-13-22(23)18-27-24(29)15-9-16-26-25(30)21-11-3-2-4-12-21/h2-6,11-14,20H,7-10,15-19H2,1H3,(H,26,30)(H,27,29). The summed E-state index contributed by atoms with van der Waals surface area (Å²) >= 11 is 0. The highest BCUT2D eigenvalue weighted by Crippen LogP contribution is 2.20. The van der Waals surface area contributed by atoms with Gasteiger partial charge < -0.3 is 10.6 Å². The van der Waals surface area contributed by atoms with Gasteiger partial charge in [0.1, 0.15) is 0 Å². The van der Waals surface area contributed by atoms with Crippen molar-refractivity contribution in [1.29, 1.82) is 0 Å². The summed E-state index contributed by atoms with van der Waals surface area (Å²) < 4.78 is 0. The molecule has 0 radical (unpaired) electrons. The highest BCUT2D eigenvalue weighted by molar-refractivity contribution is 5.94. The minimum atomic E-state index is -0.100. The molecule has 5 nitrogen and oxygen atoms in total. The number of nitrogens with zero attached hydrogens (tertiary/aromatic N) is 1. The Morgan fingerprint density at radius 3 is 2.47 bits per heavy atom. The van der Waals surface area contributed by atoms with E-state index in [1.54, 1.807) is 12.1 Å². The molecule has 1 unspecified atom stereocenters. The van der Waals surface area contributed by atoms with Gasteiger partial charge in [0.15, 0.2) is 0 Å². The van der Waals surface area contributed by atoms with Crippen molar-refractivity contribution in [2.45, 2.75) is 58.2 Å². The maximum atomic E-state index is 12.3. The molecular weight excluding hydrogens is 374 g/mol. The zero-order chi connectivity index (χ0) is 21.2. The van der Waals surface area contributed by atoms with Gasteiger partial charge in [-0.05, 0) is 56.0 Å². The predicted octanol–water partition coefficient (Wildman–Crippen LogP) is 3.89. The monoisotopic (exact) mass is 407 g/mol. The summed E-state index contributed by atoms with van der Waals surface area (Å²) in [6.45, 7) is 5.44. The molecule has 0 aromatic heterocycles. The van der Waals surface area contributed by atoms with Crippen LogP contribution < -0.4 is 10.6 Å². The maximum absolute atomic E-state index is 12.3. The molecule has 1 saturated heterocycles. The first kappa shape index (κ1) is 22.0. The van der Waals surface area contributed by atoms with Crippen LogP contribution in [0.3, 0.4) is 0 Å². The van der Waals surface area contributed by atoms with Crippen molar-refractivity contribution in [2.75, 3.05) is 13.1 Å². The molecule has 160 valence electrons. The lowest BCUT2D eigenvalue weighted by atomic mass is 10.0. The molecule has 30 heavy (non-hydrogen) atoms. The van der Waals surface area contributed by atoms with Crippen LogP contribution in [0.15, 0.2) is 54.6 Å². The molecule has 0 saturated carbocycles. The molecule has 0 bridgehead atoms. The highest BCUT2D eigenvalue weighted by Gasteiger charge is 2.19. The summed E-state index contributed by atoms with van der Waals surface area (Å²) in [5.74, 6) is -0.0815. The Bertz CT molecular complexity index is 822. The summed E-state index contributed by atoms with van der Waals surface area (Å²) in [5, 5.41) is 5.90. The fraction of sp³-hybridized carbons (Fsp3) is 0.440. The number of piperidine rings is 1. The molecular formula is C25H33N3O2. The average molecular weight is 408 g/mol. The topological polar surface area (TPSA) is 61.4 Å². The Labute approximate surface area is 179 Å². The summed E-state index contributed by atoms with van der Waals surface area (Å²) in [6, 6.07) is 18.1. The van der Waals surface area contributed by atoms with Gasteiger partial charge in [0.25, 0.3) is 5.91 Å². The zero-order valence-corrected chi connectivity index (χ0v) is 17.9. The Morgan fingerprint density at radius 1 is 0.967 bits per heavy atom. The number of hydrogen-bond donors (Lipinski definition) is 2. The van der Waals surface area contributed by atoms with Gasteiger partial charge >= 0.3 is 0 Å². The minimum absolute atomic E-state index is 0.0186. The third-order valence-electron chi connectivity index (χ3n) is 5.81. The smallest absolute Gasteiger partial charge is 0.251 e.